The van der Waals surface area contributed by atoms with E-state index in [1.807, 2.05) is 44.2 Å². The third-order valence-corrected chi connectivity index (χ3v) is 7.29. The Hall–Kier alpha value is -3.63. The Morgan fingerprint density at radius 3 is 1.71 bits per heavy atom. The predicted octanol–water partition coefficient (Wildman–Crippen LogP) is 5.82. The van der Waals surface area contributed by atoms with Crippen LogP contribution < -0.4 is 0 Å². The van der Waals surface area contributed by atoms with Crippen molar-refractivity contribution in [2.24, 2.45) is 0 Å². The van der Waals surface area contributed by atoms with Crippen LogP contribution in [-0.2, 0) is 44.7 Å². The average molecular weight is 635 g/mol. The van der Waals surface area contributed by atoms with Crippen LogP contribution in [-0.4, -0.2) is 83.7 Å². The zero-order valence-electron chi connectivity index (χ0n) is 28.6. The molecule has 0 heterocycles. The van der Waals surface area contributed by atoms with E-state index in [1.165, 1.54) is 27.9 Å². The fourth-order valence-electron chi connectivity index (χ4n) is 4.14. The maximum atomic E-state index is 13.6. The number of esters is 3. The number of likely N-dealkylation sites (N-methyl/N-ethyl adjacent to an activating group) is 2. The molecule has 0 aliphatic heterocycles. The molecule has 2 amide bonds. The quantitative estimate of drug-likeness (QED) is 0.111. The van der Waals surface area contributed by atoms with Crippen LogP contribution in [0.15, 0.2) is 30.3 Å². The normalized spacial score (nSPS) is 13.9. The van der Waals surface area contributed by atoms with E-state index in [0.717, 1.165) is 41.0 Å². The summed E-state index contributed by atoms with van der Waals surface area (Å²) in [6.07, 6.45) is 2.22. The number of benzene rings is 1. The minimum atomic E-state index is -1.19. The molecule has 0 aliphatic rings. The van der Waals surface area contributed by atoms with Crippen molar-refractivity contribution in [2.75, 3.05) is 14.1 Å². The molecule has 0 fully saturated rings. The Kier molecular flexibility index (Phi) is 17.2. The van der Waals surface area contributed by atoms with Gasteiger partial charge < -0.3 is 23.8 Å². The number of carbonyl (C=O) groups is 5. The number of hydrogen-bond donors (Lipinski definition) is 0. The van der Waals surface area contributed by atoms with Gasteiger partial charge in [0.1, 0.15) is 24.3 Å². The summed E-state index contributed by atoms with van der Waals surface area (Å²) in [6, 6.07) is 7.08. The number of unbranched alkanes of at least 4 members (excludes halogenated alkanes) is 4. The van der Waals surface area contributed by atoms with E-state index in [1.54, 1.807) is 20.8 Å². The van der Waals surface area contributed by atoms with E-state index in [-0.39, 0.29) is 19.4 Å². The molecular weight excluding hydrogens is 580 g/mol. The first kappa shape index (κ1) is 39.4. The zero-order valence-corrected chi connectivity index (χ0v) is 28.6. The molecular formula is C34H54N2O9. The van der Waals surface area contributed by atoms with Crippen molar-refractivity contribution >= 4 is 29.9 Å². The van der Waals surface area contributed by atoms with Crippen molar-refractivity contribution in [1.82, 2.24) is 9.80 Å². The van der Waals surface area contributed by atoms with Gasteiger partial charge in [0.2, 0.25) is 0 Å². The van der Waals surface area contributed by atoms with Gasteiger partial charge in [-0.1, -0.05) is 69.9 Å². The molecule has 1 aromatic carbocycles. The van der Waals surface area contributed by atoms with Crippen LogP contribution in [0.5, 0.6) is 0 Å². The van der Waals surface area contributed by atoms with E-state index in [4.69, 9.17) is 18.9 Å². The fourth-order valence-corrected chi connectivity index (χ4v) is 4.14. The van der Waals surface area contributed by atoms with Gasteiger partial charge >= 0.3 is 24.0 Å². The Morgan fingerprint density at radius 2 is 1.20 bits per heavy atom. The summed E-state index contributed by atoms with van der Waals surface area (Å²) in [7, 11) is 2.84. The summed E-state index contributed by atoms with van der Waals surface area (Å²) < 4.78 is 22.0. The number of nitrogens with zero attached hydrogens (tertiary/aromatic N) is 2. The van der Waals surface area contributed by atoms with Crippen LogP contribution in [0.3, 0.4) is 0 Å². The SMILES string of the molecule is CCCCC[C@H](OC(=O)[C@@H](C)N(C)C(=O)[C@H](CCCCC)OC(=O)[C@@H](C)N(C)C(=O)OC(C)(C)C)C(=O)OCc1ccccc1. The number of rotatable bonds is 18. The summed E-state index contributed by atoms with van der Waals surface area (Å²) in [6.45, 7) is 12.2. The molecule has 45 heavy (non-hydrogen) atoms. The molecule has 0 saturated carbocycles. The molecule has 4 atom stereocenters. The summed E-state index contributed by atoms with van der Waals surface area (Å²) in [5.74, 6) is -2.80. The van der Waals surface area contributed by atoms with E-state index in [9.17, 15) is 24.0 Å². The topological polar surface area (TPSA) is 129 Å². The fraction of sp³-hybridized carbons (Fsp3) is 0.676. The van der Waals surface area contributed by atoms with Crippen molar-refractivity contribution < 1.29 is 42.9 Å². The van der Waals surface area contributed by atoms with Gasteiger partial charge in [-0.15, -0.1) is 0 Å². The monoisotopic (exact) mass is 634 g/mol. The van der Waals surface area contributed by atoms with Gasteiger partial charge in [-0.3, -0.25) is 9.69 Å². The largest absolute Gasteiger partial charge is 0.458 e. The summed E-state index contributed by atoms with van der Waals surface area (Å²) >= 11 is 0. The lowest BCUT2D eigenvalue weighted by molar-refractivity contribution is -0.175. The molecule has 11 nitrogen and oxygen atoms in total. The van der Waals surface area contributed by atoms with Crippen LogP contribution in [0.1, 0.15) is 105 Å². The van der Waals surface area contributed by atoms with Gasteiger partial charge in [0.15, 0.2) is 12.2 Å². The van der Waals surface area contributed by atoms with Crippen molar-refractivity contribution in [3.05, 3.63) is 35.9 Å². The van der Waals surface area contributed by atoms with Gasteiger partial charge in [-0.25, -0.2) is 19.2 Å². The molecule has 0 bridgehead atoms. The number of ether oxygens (including phenoxy) is 4. The molecule has 0 radical (unpaired) electrons. The molecule has 0 spiro atoms. The smallest absolute Gasteiger partial charge is 0.410 e. The second kappa shape index (κ2) is 19.7. The summed E-state index contributed by atoms with van der Waals surface area (Å²) in [5, 5.41) is 0. The van der Waals surface area contributed by atoms with Crippen LogP contribution in [0.4, 0.5) is 4.79 Å². The Labute approximate surface area is 268 Å². The van der Waals surface area contributed by atoms with Crippen molar-refractivity contribution in [2.45, 2.75) is 136 Å². The Balaban J connectivity index is 2.98. The second-order valence-corrected chi connectivity index (χ2v) is 12.3. The first-order valence-electron chi connectivity index (χ1n) is 16.0. The lowest BCUT2D eigenvalue weighted by Gasteiger charge is -2.31. The van der Waals surface area contributed by atoms with E-state index >= 15 is 0 Å². The van der Waals surface area contributed by atoms with Gasteiger partial charge in [0, 0.05) is 14.1 Å². The van der Waals surface area contributed by atoms with Crippen LogP contribution in [0.2, 0.25) is 0 Å². The molecule has 1 aromatic rings. The van der Waals surface area contributed by atoms with Crippen LogP contribution in [0.25, 0.3) is 0 Å². The Bertz CT molecular complexity index is 1090. The number of carbonyl (C=O) groups excluding carboxylic acids is 5. The van der Waals surface area contributed by atoms with E-state index in [2.05, 4.69) is 0 Å². The third kappa shape index (κ3) is 14.3. The number of hydrogen-bond acceptors (Lipinski definition) is 9. The van der Waals surface area contributed by atoms with Crippen LogP contribution in [0, 0.1) is 0 Å². The molecule has 0 N–H and O–H groups in total. The van der Waals surface area contributed by atoms with E-state index in [0.29, 0.717) is 12.8 Å². The molecule has 0 aromatic heterocycles. The first-order valence-corrected chi connectivity index (χ1v) is 16.0. The standard InChI is InChI=1S/C34H54N2O9/c1-10-12-15-21-27(43-31(39)25(4)36(9)33(41)45-34(5,6)7)29(37)35(8)24(3)30(38)44-28(22-16-13-11-2)32(40)42-23-26-19-17-14-18-20-26/h14,17-20,24-25,27-28H,10-13,15-16,21-23H2,1-9H3/t24-,25-,27+,28+/m1/s1. The zero-order chi connectivity index (χ0) is 34.2. The Morgan fingerprint density at radius 1 is 0.711 bits per heavy atom. The highest BCUT2D eigenvalue weighted by molar-refractivity contribution is 5.90. The third-order valence-electron chi connectivity index (χ3n) is 7.29. The highest BCUT2D eigenvalue weighted by atomic mass is 16.6. The van der Waals surface area contributed by atoms with Gasteiger partial charge in [-0.2, -0.15) is 0 Å². The highest BCUT2D eigenvalue weighted by Crippen LogP contribution is 2.17. The van der Waals surface area contributed by atoms with Crippen molar-refractivity contribution in [1.29, 1.82) is 0 Å². The summed E-state index contributed by atoms with van der Waals surface area (Å²) in [4.78, 5) is 67.5. The first-order chi connectivity index (χ1) is 21.1. The lowest BCUT2D eigenvalue weighted by atomic mass is 10.1. The minimum Gasteiger partial charge on any atom is -0.458 e. The molecule has 0 unspecified atom stereocenters. The van der Waals surface area contributed by atoms with Gasteiger partial charge in [-0.05, 0) is 65.9 Å². The maximum Gasteiger partial charge on any atom is 0.410 e. The molecule has 1 rings (SSSR count). The van der Waals surface area contributed by atoms with Gasteiger partial charge in [0.05, 0.1) is 0 Å². The maximum absolute atomic E-state index is 13.6. The van der Waals surface area contributed by atoms with Crippen LogP contribution >= 0.6 is 0 Å². The molecule has 0 aliphatic carbocycles. The lowest BCUT2D eigenvalue weighted by Crippen LogP contribution is -2.50. The summed E-state index contributed by atoms with van der Waals surface area (Å²) in [5.41, 5.74) is 0.0489. The number of amides is 2. The minimum absolute atomic E-state index is 0.0434. The molecule has 254 valence electrons. The predicted molar refractivity (Wildman–Crippen MR) is 170 cm³/mol. The molecule has 0 saturated heterocycles. The van der Waals surface area contributed by atoms with Crippen molar-refractivity contribution in [3.8, 4) is 0 Å². The highest BCUT2D eigenvalue weighted by Gasteiger charge is 2.36. The molecule has 11 heteroatoms. The average Bonchev–Trinajstić information content (AvgIpc) is 3.00. The van der Waals surface area contributed by atoms with Crippen molar-refractivity contribution in [3.63, 3.8) is 0 Å². The van der Waals surface area contributed by atoms with Gasteiger partial charge in [0.25, 0.3) is 5.91 Å². The second-order valence-electron chi connectivity index (χ2n) is 12.3. The van der Waals surface area contributed by atoms with E-state index < -0.39 is 59.8 Å².